The monoisotopic (exact) mass is 351 g/mol. The van der Waals surface area contributed by atoms with Gasteiger partial charge in [-0.15, -0.1) is 12.4 Å². The van der Waals surface area contributed by atoms with Crippen LogP contribution < -0.4 is 11.1 Å². The third-order valence-electron chi connectivity index (χ3n) is 5.38. The first-order valence-electron chi connectivity index (χ1n) is 9.03. The molecular formula is C19H30ClN3O. The van der Waals surface area contributed by atoms with E-state index >= 15 is 0 Å². The van der Waals surface area contributed by atoms with E-state index in [1.807, 2.05) is 6.07 Å². The molecule has 1 saturated carbocycles. The Hall–Kier alpha value is -1.10. The number of hydrogen-bond acceptors (Lipinski definition) is 3. The second-order valence-electron chi connectivity index (χ2n) is 7.11. The molecule has 3 N–H and O–H groups in total. The molecule has 134 valence electrons. The van der Waals surface area contributed by atoms with Gasteiger partial charge in [-0.3, -0.25) is 9.69 Å². The van der Waals surface area contributed by atoms with Crippen LogP contribution in [0.25, 0.3) is 0 Å². The molecule has 2 fully saturated rings. The summed E-state index contributed by atoms with van der Waals surface area (Å²) in [5.41, 5.74) is 7.32. The molecule has 0 aromatic heterocycles. The van der Waals surface area contributed by atoms with E-state index in [2.05, 4.69) is 34.5 Å². The lowest BCUT2D eigenvalue weighted by atomic mass is 9.89. The van der Waals surface area contributed by atoms with Gasteiger partial charge in [0.1, 0.15) is 0 Å². The minimum atomic E-state index is 0. The summed E-state index contributed by atoms with van der Waals surface area (Å²) in [6.45, 7) is 3.05. The fourth-order valence-electron chi connectivity index (χ4n) is 4.13. The second-order valence-corrected chi connectivity index (χ2v) is 7.11. The number of likely N-dealkylation sites (tertiary alicyclic amines) is 1. The third-order valence-corrected chi connectivity index (χ3v) is 5.38. The van der Waals surface area contributed by atoms with Crippen LogP contribution in [0.3, 0.4) is 0 Å². The van der Waals surface area contributed by atoms with Crippen LogP contribution in [0.15, 0.2) is 30.3 Å². The molecule has 3 rings (SSSR count). The number of rotatable bonds is 5. The van der Waals surface area contributed by atoms with Crippen molar-refractivity contribution in [3.63, 3.8) is 0 Å². The second kappa shape index (κ2) is 9.40. The van der Waals surface area contributed by atoms with Gasteiger partial charge in [-0.1, -0.05) is 49.6 Å². The van der Waals surface area contributed by atoms with Gasteiger partial charge < -0.3 is 11.1 Å². The Kier molecular flexibility index (Phi) is 7.53. The molecule has 1 aliphatic carbocycles. The Morgan fingerprint density at radius 2 is 1.83 bits per heavy atom. The number of benzene rings is 1. The SMILES string of the molecule is Cl.NC[C@@H]1CN(CC(=O)NC2CCCCC2)C[C@H]1c1ccccc1. The minimum absolute atomic E-state index is 0. The van der Waals surface area contributed by atoms with Crippen LogP contribution in [0, 0.1) is 5.92 Å². The van der Waals surface area contributed by atoms with Crippen LogP contribution in [0.5, 0.6) is 0 Å². The van der Waals surface area contributed by atoms with E-state index in [1.165, 1.54) is 24.8 Å². The van der Waals surface area contributed by atoms with Gasteiger partial charge in [-0.25, -0.2) is 0 Å². The van der Waals surface area contributed by atoms with Crippen LogP contribution >= 0.6 is 12.4 Å². The van der Waals surface area contributed by atoms with Crippen molar-refractivity contribution in [2.75, 3.05) is 26.2 Å². The van der Waals surface area contributed by atoms with Crippen molar-refractivity contribution in [2.24, 2.45) is 11.7 Å². The lowest BCUT2D eigenvalue weighted by molar-refractivity contribution is -0.122. The molecular weight excluding hydrogens is 322 g/mol. The highest BCUT2D eigenvalue weighted by molar-refractivity contribution is 5.85. The number of carbonyl (C=O) groups is 1. The molecule has 0 bridgehead atoms. The first-order valence-corrected chi connectivity index (χ1v) is 9.03. The molecule has 0 spiro atoms. The van der Waals surface area contributed by atoms with Gasteiger partial charge in [-0.2, -0.15) is 0 Å². The van der Waals surface area contributed by atoms with Gasteiger partial charge in [0.2, 0.25) is 5.91 Å². The lowest BCUT2D eigenvalue weighted by Gasteiger charge is -2.24. The fraction of sp³-hybridized carbons (Fsp3) is 0.632. The van der Waals surface area contributed by atoms with E-state index in [9.17, 15) is 4.79 Å². The van der Waals surface area contributed by atoms with Crippen LogP contribution in [0.2, 0.25) is 0 Å². The average Bonchev–Trinajstić information content (AvgIpc) is 2.99. The maximum Gasteiger partial charge on any atom is 0.234 e. The fourth-order valence-corrected chi connectivity index (χ4v) is 4.13. The standard InChI is InChI=1S/C19H29N3O.ClH/c20-11-16-12-22(13-18(16)15-7-3-1-4-8-15)14-19(23)21-17-9-5-2-6-10-17;/h1,3-4,7-8,16-18H,2,5-6,9-14,20H2,(H,21,23);1H/t16-,18+;/m1./s1. The molecule has 5 heteroatoms. The Morgan fingerprint density at radius 3 is 2.50 bits per heavy atom. The molecule has 1 heterocycles. The summed E-state index contributed by atoms with van der Waals surface area (Å²) in [5.74, 6) is 1.07. The summed E-state index contributed by atoms with van der Waals surface area (Å²) < 4.78 is 0. The smallest absolute Gasteiger partial charge is 0.234 e. The number of amides is 1. The van der Waals surface area contributed by atoms with Gasteiger partial charge in [0.15, 0.2) is 0 Å². The number of halogens is 1. The molecule has 1 aromatic carbocycles. The summed E-state index contributed by atoms with van der Waals surface area (Å²) in [6.07, 6.45) is 6.10. The molecule has 1 aliphatic heterocycles. The first kappa shape index (κ1) is 19.2. The van der Waals surface area contributed by atoms with Gasteiger partial charge in [0, 0.05) is 25.0 Å². The van der Waals surface area contributed by atoms with Crippen LogP contribution in [0.1, 0.15) is 43.6 Å². The van der Waals surface area contributed by atoms with Crippen molar-refractivity contribution in [3.05, 3.63) is 35.9 Å². The van der Waals surface area contributed by atoms with Gasteiger partial charge in [0.05, 0.1) is 6.54 Å². The highest BCUT2D eigenvalue weighted by Crippen LogP contribution is 2.31. The minimum Gasteiger partial charge on any atom is -0.352 e. The van der Waals surface area contributed by atoms with Crippen molar-refractivity contribution in [3.8, 4) is 0 Å². The molecule has 2 aliphatic rings. The summed E-state index contributed by atoms with van der Waals surface area (Å²) >= 11 is 0. The zero-order chi connectivity index (χ0) is 16.1. The predicted octanol–water partition coefficient (Wildman–Crippen LogP) is 2.53. The Bertz CT molecular complexity index is 505. The largest absolute Gasteiger partial charge is 0.352 e. The quantitative estimate of drug-likeness (QED) is 0.857. The third kappa shape index (κ3) is 4.95. The van der Waals surface area contributed by atoms with Crippen molar-refractivity contribution >= 4 is 18.3 Å². The van der Waals surface area contributed by atoms with Crippen molar-refractivity contribution in [1.29, 1.82) is 0 Å². The van der Waals surface area contributed by atoms with E-state index in [1.54, 1.807) is 0 Å². The van der Waals surface area contributed by atoms with Crippen molar-refractivity contribution < 1.29 is 4.79 Å². The van der Waals surface area contributed by atoms with E-state index in [-0.39, 0.29) is 18.3 Å². The summed E-state index contributed by atoms with van der Waals surface area (Å²) in [6, 6.07) is 11.0. The van der Waals surface area contributed by atoms with E-state index in [0.717, 1.165) is 25.9 Å². The normalized spacial score (nSPS) is 25.2. The summed E-state index contributed by atoms with van der Waals surface area (Å²) in [7, 11) is 0. The molecule has 1 amide bonds. The lowest BCUT2D eigenvalue weighted by Crippen LogP contribution is -2.42. The Labute approximate surface area is 151 Å². The Morgan fingerprint density at radius 1 is 1.12 bits per heavy atom. The zero-order valence-electron chi connectivity index (χ0n) is 14.3. The number of hydrogen-bond donors (Lipinski definition) is 2. The Balaban J connectivity index is 0.00000208. The van der Waals surface area contributed by atoms with Crippen LogP contribution in [-0.2, 0) is 4.79 Å². The molecule has 1 aromatic rings. The van der Waals surface area contributed by atoms with E-state index < -0.39 is 0 Å². The topological polar surface area (TPSA) is 58.4 Å². The molecule has 0 unspecified atom stereocenters. The average molecular weight is 352 g/mol. The number of nitrogens with zero attached hydrogens (tertiary/aromatic N) is 1. The van der Waals surface area contributed by atoms with E-state index in [4.69, 9.17) is 5.73 Å². The number of carbonyl (C=O) groups excluding carboxylic acids is 1. The summed E-state index contributed by atoms with van der Waals surface area (Å²) in [4.78, 5) is 14.6. The summed E-state index contributed by atoms with van der Waals surface area (Å²) in [5, 5.41) is 3.22. The number of nitrogens with one attached hydrogen (secondary N) is 1. The predicted molar refractivity (Wildman–Crippen MR) is 100 cm³/mol. The van der Waals surface area contributed by atoms with Crippen molar-refractivity contribution in [2.45, 2.75) is 44.1 Å². The first-order chi connectivity index (χ1) is 11.3. The molecule has 4 nitrogen and oxygen atoms in total. The molecule has 24 heavy (non-hydrogen) atoms. The van der Waals surface area contributed by atoms with Crippen molar-refractivity contribution in [1.82, 2.24) is 10.2 Å². The highest BCUT2D eigenvalue weighted by atomic mass is 35.5. The van der Waals surface area contributed by atoms with Gasteiger partial charge in [-0.05, 0) is 30.9 Å². The van der Waals surface area contributed by atoms with Crippen LogP contribution in [-0.4, -0.2) is 43.0 Å². The molecule has 2 atom stereocenters. The zero-order valence-corrected chi connectivity index (χ0v) is 15.1. The maximum absolute atomic E-state index is 12.3. The highest BCUT2D eigenvalue weighted by Gasteiger charge is 2.33. The molecule has 0 radical (unpaired) electrons. The van der Waals surface area contributed by atoms with Gasteiger partial charge in [0.25, 0.3) is 0 Å². The van der Waals surface area contributed by atoms with Crippen LogP contribution in [0.4, 0.5) is 0 Å². The maximum atomic E-state index is 12.3. The number of nitrogens with two attached hydrogens (primary N) is 1. The molecule has 1 saturated heterocycles. The van der Waals surface area contributed by atoms with Gasteiger partial charge >= 0.3 is 0 Å². The van der Waals surface area contributed by atoms with E-state index in [0.29, 0.717) is 31.0 Å².